The summed E-state index contributed by atoms with van der Waals surface area (Å²) in [5, 5.41) is 12.7. The molecule has 1 rings (SSSR count). The molecule has 5 heteroatoms. The number of ether oxygens (including phenoxy) is 1. The van der Waals surface area contributed by atoms with Gasteiger partial charge in [0, 0.05) is 5.71 Å². The molecule has 0 aliphatic heterocycles. The van der Waals surface area contributed by atoms with Crippen molar-refractivity contribution in [2.45, 2.75) is 27.2 Å². The molecule has 106 valence electrons. The Morgan fingerprint density at radius 3 is 2.55 bits per heavy atom. The highest BCUT2D eigenvalue weighted by Gasteiger charge is 2.05. The van der Waals surface area contributed by atoms with Crippen molar-refractivity contribution in [2.24, 2.45) is 11.0 Å². The Balaban J connectivity index is 2.45. The first-order valence-electron chi connectivity index (χ1n) is 6.55. The molecule has 1 aromatic rings. The first-order valence-corrected chi connectivity index (χ1v) is 6.55. The zero-order chi connectivity index (χ0) is 15.0. The molecule has 0 aromatic heterocycles. The number of carbonyl (C=O) groups excluding carboxylic acids is 1. The molecule has 0 spiro atoms. The van der Waals surface area contributed by atoms with E-state index in [9.17, 15) is 4.79 Å². The highest BCUT2D eigenvalue weighted by atomic mass is 16.5. The summed E-state index contributed by atoms with van der Waals surface area (Å²) >= 11 is 0. The van der Waals surface area contributed by atoms with Gasteiger partial charge >= 0.3 is 0 Å². The van der Waals surface area contributed by atoms with Crippen LogP contribution < -0.4 is 10.2 Å². The van der Waals surface area contributed by atoms with Crippen LogP contribution in [-0.4, -0.2) is 18.2 Å². The molecule has 0 saturated heterocycles. The average Bonchev–Trinajstić information content (AvgIpc) is 2.46. The second-order valence-electron chi connectivity index (χ2n) is 4.57. The van der Waals surface area contributed by atoms with E-state index in [4.69, 9.17) is 10.00 Å². The van der Waals surface area contributed by atoms with Crippen LogP contribution in [0, 0.1) is 17.2 Å². The summed E-state index contributed by atoms with van der Waals surface area (Å²) < 4.78 is 5.30. The van der Waals surface area contributed by atoms with Gasteiger partial charge in [-0.3, -0.25) is 4.79 Å². The van der Waals surface area contributed by atoms with Crippen LogP contribution in [0.25, 0.3) is 0 Å². The standard InChI is InChI=1S/C15H19N3O2/c1-4-14(11(2)3)17-18-15(19)10-20-13-7-5-12(9-16)6-8-13/h5-8,11H,4,10H2,1-3H3,(H,18,19)/b17-14-. The molecule has 1 aromatic carbocycles. The third kappa shape index (κ3) is 5.11. The number of hydrogen-bond donors (Lipinski definition) is 1. The Morgan fingerprint density at radius 1 is 1.40 bits per heavy atom. The first-order chi connectivity index (χ1) is 9.56. The van der Waals surface area contributed by atoms with Gasteiger partial charge < -0.3 is 4.74 Å². The van der Waals surface area contributed by atoms with Crippen LogP contribution in [0.2, 0.25) is 0 Å². The maximum atomic E-state index is 11.6. The summed E-state index contributed by atoms with van der Waals surface area (Å²) in [5.41, 5.74) is 3.97. The van der Waals surface area contributed by atoms with Gasteiger partial charge in [0.15, 0.2) is 6.61 Å². The Hall–Kier alpha value is -2.35. The van der Waals surface area contributed by atoms with Crippen LogP contribution in [0.5, 0.6) is 5.75 Å². The van der Waals surface area contributed by atoms with Crippen molar-refractivity contribution in [1.29, 1.82) is 5.26 Å². The quantitative estimate of drug-likeness (QED) is 0.639. The molecule has 0 aliphatic rings. The number of nitriles is 1. The molecule has 0 heterocycles. The lowest BCUT2D eigenvalue weighted by Crippen LogP contribution is -2.26. The Morgan fingerprint density at radius 2 is 2.05 bits per heavy atom. The molecule has 0 bridgehead atoms. The van der Waals surface area contributed by atoms with Gasteiger partial charge in [-0.1, -0.05) is 20.8 Å². The highest BCUT2D eigenvalue weighted by Crippen LogP contribution is 2.11. The molecular formula is C15H19N3O2. The lowest BCUT2D eigenvalue weighted by molar-refractivity contribution is -0.123. The third-order valence-electron chi connectivity index (χ3n) is 2.71. The molecular weight excluding hydrogens is 254 g/mol. The molecule has 0 atom stereocenters. The zero-order valence-electron chi connectivity index (χ0n) is 12.0. The van der Waals surface area contributed by atoms with Gasteiger partial charge in [-0.25, -0.2) is 5.43 Å². The van der Waals surface area contributed by atoms with Crippen LogP contribution in [-0.2, 0) is 4.79 Å². The Labute approximate surface area is 119 Å². The topological polar surface area (TPSA) is 74.5 Å². The number of carbonyl (C=O) groups is 1. The minimum Gasteiger partial charge on any atom is -0.484 e. The van der Waals surface area contributed by atoms with E-state index in [1.807, 2.05) is 26.8 Å². The van der Waals surface area contributed by atoms with Crippen LogP contribution >= 0.6 is 0 Å². The van der Waals surface area contributed by atoms with E-state index in [0.29, 0.717) is 17.2 Å². The van der Waals surface area contributed by atoms with E-state index in [-0.39, 0.29) is 12.5 Å². The molecule has 0 radical (unpaired) electrons. The molecule has 0 unspecified atom stereocenters. The second kappa shape index (κ2) is 7.95. The monoisotopic (exact) mass is 273 g/mol. The van der Waals surface area contributed by atoms with E-state index >= 15 is 0 Å². The van der Waals surface area contributed by atoms with Crippen molar-refractivity contribution in [1.82, 2.24) is 5.43 Å². The predicted molar refractivity (Wildman–Crippen MR) is 77.4 cm³/mol. The summed E-state index contributed by atoms with van der Waals surface area (Å²) in [6, 6.07) is 8.60. The summed E-state index contributed by atoms with van der Waals surface area (Å²) in [6.45, 7) is 5.95. The first kappa shape index (κ1) is 15.7. The average molecular weight is 273 g/mol. The molecule has 0 aliphatic carbocycles. The van der Waals surface area contributed by atoms with Gasteiger partial charge in [-0.2, -0.15) is 10.4 Å². The zero-order valence-corrected chi connectivity index (χ0v) is 12.0. The lowest BCUT2D eigenvalue weighted by Gasteiger charge is -2.08. The predicted octanol–water partition coefficient (Wildman–Crippen LogP) is 2.48. The lowest BCUT2D eigenvalue weighted by atomic mass is 10.1. The Kier molecular flexibility index (Phi) is 6.24. The maximum absolute atomic E-state index is 11.6. The van der Waals surface area contributed by atoms with Crippen LogP contribution in [0.15, 0.2) is 29.4 Å². The number of benzene rings is 1. The second-order valence-corrected chi connectivity index (χ2v) is 4.57. The Bertz CT molecular complexity index is 513. The van der Waals surface area contributed by atoms with Gasteiger partial charge in [0.2, 0.25) is 0 Å². The molecule has 1 N–H and O–H groups in total. The fraction of sp³-hybridized carbons (Fsp3) is 0.400. The fourth-order valence-electron chi connectivity index (χ4n) is 1.56. The van der Waals surface area contributed by atoms with E-state index in [0.717, 1.165) is 12.1 Å². The number of nitrogens with zero attached hydrogens (tertiary/aromatic N) is 2. The summed E-state index contributed by atoms with van der Waals surface area (Å²) in [6.07, 6.45) is 0.800. The minimum absolute atomic E-state index is 0.107. The maximum Gasteiger partial charge on any atom is 0.277 e. The van der Waals surface area contributed by atoms with Gasteiger partial charge in [0.25, 0.3) is 5.91 Å². The van der Waals surface area contributed by atoms with Crippen LogP contribution in [0.1, 0.15) is 32.8 Å². The molecule has 0 saturated carbocycles. The number of hydrazone groups is 1. The summed E-state index contributed by atoms with van der Waals surface area (Å²) in [5.74, 6) is 0.545. The van der Waals surface area contributed by atoms with E-state index in [1.165, 1.54) is 0 Å². The number of nitrogens with one attached hydrogen (secondary N) is 1. The normalized spacial score (nSPS) is 11.1. The van der Waals surface area contributed by atoms with Crippen molar-refractivity contribution in [3.63, 3.8) is 0 Å². The molecule has 1 amide bonds. The number of amides is 1. The van der Waals surface area contributed by atoms with Crippen molar-refractivity contribution in [3.05, 3.63) is 29.8 Å². The van der Waals surface area contributed by atoms with E-state index < -0.39 is 0 Å². The van der Waals surface area contributed by atoms with E-state index in [1.54, 1.807) is 24.3 Å². The fourth-order valence-corrected chi connectivity index (χ4v) is 1.56. The SMILES string of the molecule is CC/C(=N/NC(=O)COc1ccc(C#N)cc1)C(C)C. The van der Waals surface area contributed by atoms with Crippen molar-refractivity contribution < 1.29 is 9.53 Å². The molecule has 20 heavy (non-hydrogen) atoms. The number of hydrogen-bond acceptors (Lipinski definition) is 4. The molecule has 0 fully saturated rings. The van der Waals surface area contributed by atoms with Gasteiger partial charge in [0.05, 0.1) is 11.6 Å². The largest absolute Gasteiger partial charge is 0.484 e. The van der Waals surface area contributed by atoms with Gasteiger partial charge in [-0.15, -0.1) is 0 Å². The van der Waals surface area contributed by atoms with Gasteiger partial charge in [0.1, 0.15) is 5.75 Å². The smallest absolute Gasteiger partial charge is 0.277 e. The summed E-state index contributed by atoms with van der Waals surface area (Å²) in [4.78, 5) is 11.6. The third-order valence-corrected chi connectivity index (χ3v) is 2.71. The van der Waals surface area contributed by atoms with Crippen molar-refractivity contribution in [3.8, 4) is 11.8 Å². The summed E-state index contributed by atoms with van der Waals surface area (Å²) in [7, 11) is 0. The van der Waals surface area contributed by atoms with Crippen LogP contribution in [0.3, 0.4) is 0 Å². The van der Waals surface area contributed by atoms with E-state index in [2.05, 4.69) is 10.5 Å². The number of rotatable bonds is 6. The van der Waals surface area contributed by atoms with Crippen molar-refractivity contribution in [2.75, 3.05) is 6.61 Å². The minimum atomic E-state index is -0.305. The highest BCUT2D eigenvalue weighted by molar-refractivity contribution is 5.87. The van der Waals surface area contributed by atoms with Gasteiger partial charge in [-0.05, 0) is 36.6 Å². The van der Waals surface area contributed by atoms with Crippen molar-refractivity contribution >= 4 is 11.6 Å². The van der Waals surface area contributed by atoms with Crippen LogP contribution in [0.4, 0.5) is 0 Å². The molecule has 5 nitrogen and oxygen atoms in total.